The Morgan fingerprint density at radius 1 is 1.36 bits per heavy atom. The van der Waals surface area contributed by atoms with E-state index in [0.717, 1.165) is 0 Å². The zero-order valence-electron chi connectivity index (χ0n) is 14.6. The molecule has 2 amide bonds. The van der Waals surface area contributed by atoms with Crippen LogP contribution in [0.1, 0.15) is 66.2 Å². The minimum Gasteiger partial charge on any atom is -0.389 e. The third-order valence-electron chi connectivity index (χ3n) is 3.07. The van der Waals surface area contributed by atoms with Gasteiger partial charge in [-0.2, -0.15) is 4.98 Å². The molecule has 0 aliphatic rings. The van der Waals surface area contributed by atoms with E-state index in [2.05, 4.69) is 15.5 Å². The molecule has 0 saturated carbocycles. The quantitative estimate of drug-likeness (QED) is 0.870. The van der Waals surface area contributed by atoms with Crippen molar-refractivity contribution >= 4 is 6.03 Å². The zero-order chi connectivity index (χ0) is 17.1. The van der Waals surface area contributed by atoms with E-state index in [9.17, 15) is 9.90 Å². The molecule has 0 bridgehead atoms. The molecule has 0 spiro atoms. The van der Waals surface area contributed by atoms with Gasteiger partial charge in [0.25, 0.3) is 0 Å². The summed E-state index contributed by atoms with van der Waals surface area (Å²) in [6, 6.07) is -0.667. The first kappa shape index (κ1) is 18.4. The van der Waals surface area contributed by atoms with Gasteiger partial charge in [0, 0.05) is 12.0 Å². The summed E-state index contributed by atoms with van der Waals surface area (Å²) in [7, 11) is 0. The monoisotopic (exact) mass is 312 g/mol. The van der Waals surface area contributed by atoms with Crippen LogP contribution in [0.5, 0.6) is 0 Å². The van der Waals surface area contributed by atoms with Gasteiger partial charge in [-0.15, -0.1) is 0 Å². The number of amides is 2. The zero-order valence-corrected chi connectivity index (χ0v) is 14.6. The highest BCUT2D eigenvalue weighted by molar-refractivity contribution is 5.74. The molecule has 2 N–H and O–H groups in total. The SMILES string of the molecule is CCN(CC(C)(C)O)C(=O)NC(C)c1nc(C(C)(C)C)no1. The van der Waals surface area contributed by atoms with Crippen LogP contribution in [0.2, 0.25) is 0 Å². The second-order valence-electron chi connectivity index (χ2n) is 7.20. The summed E-state index contributed by atoms with van der Waals surface area (Å²) in [5.41, 5.74) is -1.15. The molecular weight excluding hydrogens is 284 g/mol. The molecule has 7 heteroatoms. The van der Waals surface area contributed by atoms with E-state index in [-0.39, 0.29) is 18.0 Å². The number of aliphatic hydroxyl groups is 1. The van der Waals surface area contributed by atoms with E-state index in [4.69, 9.17) is 4.52 Å². The van der Waals surface area contributed by atoms with Gasteiger partial charge in [0.15, 0.2) is 5.82 Å². The highest BCUT2D eigenvalue weighted by Crippen LogP contribution is 2.20. The van der Waals surface area contributed by atoms with Crippen molar-refractivity contribution in [2.75, 3.05) is 13.1 Å². The lowest BCUT2D eigenvalue weighted by atomic mass is 9.96. The first-order valence-electron chi connectivity index (χ1n) is 7.56. The molecule has 0 radical (unpaired) electrons. The molecule has 0 aromatic carbocycles. The fraction of sp³-hybridized carbons (Fsp3) is 0.800. The molecule has 1 rings (SSSR count). The highest BCUT2D eigenvalue weighted by Gasteiger charge is 2.26. The van der Waals surface area contributed by atoms with E-state index >= 15 is 0 Å². The fourth-order valence-corrected chi connectivity index (χ4v) is 1.85. The molecule has 22 heavy (non-hydrogen) atoms. The number of carbonyl (C=O) groups is 1. The summed E-state index contributed by atoms with van der Waals surface area (Å²) in [5, 5.41) is 16.6. The maximum Gasteiger partial charge on any atom is 0.318 e. The van der Waals surface area contributed by atoms with Crippen molar-refractivity contribution in [3.63, 3.8) is 0 Å². The van der Waals surface area contributed by atoms with Crippen LogP contribution in [0.4, 0.5) is 4.79 Å². The van der Waals surface area contributed by atoms with Gasteiger partial charge in [-0.1, -0.05) is 25.9 Å². The van der Waals surface area contributed by atoms with Gasteiger partial charge in [-0.3, -0.25) is 0 Å². The van der Waals surface area contributed by atoms with Crippen molar-refractivity contribution < 1.29 is 14.4 Å². The Labute approximate surface area is 132 Å². The highest BCUT2D eigenvalue weighted by atomic mass is 16.5. The molecule has 1 aromatic heterocycles. The molecule has 1 unspecified atom stereocenters. The van der Waals surface area contributed by atoms with Crippen molar-refractivity contribution in [3.05, 3.63) is 11.7 Å². The molecule has 0 fully saturated rings. The van der Waals surface area contributed by atoms with Gasteiger partial charge in [-0.05, 0) is 27.7 Å². The van der Waals surface area contributed by atoms with Gasteiger partial charge in [0.05, 0.1) is 12.1 Å². The molecule has 0 saturated heterocycles. The molecule has 7 nitrogen and oxygen atoms in total. The van der Waals surface area contributed by atoms with Crippen LogP contribution in [0.3, 0.4) is 0 Å². The number of carbonyl (C=O) groups excluding carboxylic acids is 1. The third kappa shape index (κ3) is 5.29. The van der Waals surface area contributed by atoms with Crippen LogP contribution in [-0.4, -0.2) is 44.9 Å². The van der Waals surface area contributed by atoms with Gasteiger partial charge in [0.2, 0.25) is 5.89 Å². The first-order valence-corrected chi connectivity index (χ1v) is 7.56. The second kappa shape index (κ2) is 6.64. The van der Waals surface area contributed by atoms with Crippen LogP contribution in [-0.2, 0) is 5.41 Å². The average Bonchev–Trinajstić information content (AvgIpc) is 2.83. The van der Waals surface area contributed by atoms with Crippen molar-refractivity contribution in [2.24, 2.45) is 0 Å². The number of hydrogen-bond donors (Lipinski definition) is 2. The predicted molar refractivity (Wildman–Crippen MR) is 83.5 cm³/mol. The van der Waals surface area contributed by atoms with Gasteiger partial charge < -0.3 is 19.8 Å². The molecule has 1 heterocycles. The van der Waals surface area contributed by atoms with Crippen molar-refractivity contribution in [1.82, 2.24) is 20.4 Å². The topological polar surface area (TPSA) is 91.5 Å². The lowest BCUT2D eigenvalue weighted by Gasteiger charge is -2.28. The van der Waals surface area contributed by atoms with Crippen molar-refractivity contribution in [1.29, 1.82) is 0 Å². The fourth-order valence-electron chi connectivity index (χ4n) is 1.85. The first-order chi connectivity index (χ1) is 9.94. The standard InChI is InChI=1S/C15H28N4O3/c1-8-19(9-15(6,7)21)13(20)16-10(2)11-17-12(18-22-11)14(3,4)5/h10,21H,8-9H2,1-7H3,(H,16,20). The number of rotatable bonds is 5. The Morgan fingerprint density at radius 2 is 1.95 bits per heavy atom. The van der Waals surface area contributed by atoms with Crippen LogP contribution in [0.15, 0.2) is 4.52 Å². The molecule has 1 atom stereocenters. The lowest BCUT2D eigenvalue weighted by molar-refractivity contribution is 0.0475. The van der Waals surface area contributed by atoms with Crippen molar-refractivity contribution in [2.45, 2.75) is 65.5 Å². The number of likely N-dealkylation sites (N-methyl/N-ethyl adjacent to an activating group) is 1. The Hall–Kier alpha value is -1.63. The predicted octanol–water partition coefficient (Wildman–Crippen LogP) is 2.23. The summed E-state index contributed by atoms with van der Waals surface area (Å²) in [5.74, 6) is 0.977. The smallest absolute Gasteiger partial charge is 0.318 e. The largest absolute Gasteiger partial charge is 0.389 e. The van der Waals surface area contributed by atoms with Gasteiger partial charge >= 0.3 is 6.03 Å². The van der Waals surface area contributed by atoms with Crippen LogP contribution >= 0.6 is 0 Å². The van der Waals surface area contributed by atoms with Gasteiger partial charge in [-0.25, -0.2) is 4.79 Å². The summed E-state index contributed by atoms with van der Waals surface area (Å²) >= 11 is 0. The van der Waals surface area contributed by atoms with E-state index in [1.807, 2.05) is 27.7 Å². The second-order valence-corrected chi connectivity index (χ2v) is 7.20. The Balaban J connectivity index is 2.72. The Bertz CT molecular complexity index is 500. The lowest BCUT2D eigenvalue weighted by Crippen LogP contribution is -2.47. The molecule has 0 aliphatic carbocycles. The Kier molecular flexibility index (Phi) is 5.56. The maximum atomic E-state index is 12.3. The summed E-state index contributed by atoms with van der Waals surface area (Å²) in [6.45, 7) is 13.7. The summed E-state index contributed by atoms with van der Waals surface area (Å²) in [4.78, 5) is 18.1. The van der Waals surface area contributed by atoms with E-state index < -0.39 is 11.6 Å². The van der Waals surface area contributed by atoms with E-state index in [1.165, 1.54) is 4.90 Å². The minimum atomic E-state index is -0.944. The van der Waals surface area contributed by atoms with E-state index in [1.54, 1.807) is 20.8 Å². The normalized spacial score (nSPS) is 13.8. The van der Waals surface area contributed by atoms with Crippen LogP contribution in [0, 0.1) is 0 Å². The molecular formula is C15H28N4O3. The summed E-state index contributed by atoms with van der Waals surface area (Å²) in [6.07, 6.45) is 0. The molecule has 1 aromatic rings. The van der Waals surface area contributed by atoms with Gasteiger partial charge in [0.1, 0.15) is 6.04 Å². The van der Waals surface area contributed by atoms with E-state index in [0.29, 0.717) is 18.3 Å². The maximum absolute atomic E-state index is 12.3. The number of nitrogens with zero attached hydrogens (tertiary/aromatic N) is 3. The molecule has 0 aliphatic heterocycles. The average molecular weight is 312 g/mol. The minimum absolute atomic E-state index is 0.207. The number of nitrogens with one attached hydrogen (secondary N) is 1. The van der Waals surface area contributed by atoms with Crippen LogP contribution in [0.25, 0.3) is 0 Å². The third-order valence-corrected chi connectivity index (χ3v) is 3.07. The number of hydrogen-bond acceptors (Lipinski definition) is 5. The summed E-state index contributed by atoms with van der Waals surface area (Å²) < 4.78 is 5.22. The van der Waals surface area contributed by atoms with Crippen molar-refractivity contribution in [3.8, 4) is 0 Å². The molecule has 126 valence electrons. The van der Waals surface area contributed by atoms with Crippen LogP contribution < -0.4 is 5.32 Å². The number of urea groups is 1. The Morgan fingerprint density at radius 3 is 2.36 bits per heavy atom. The number of aromatic nitrogens is 2.